The Morgan fingerprint density at radius 1 is 1.40 bits per heavy atom. The van der Waals surface area contributed by atoms with Gasteiger partial charge in [-0.25, -0.2) is 0 Å². The molecular weight excluding hydrogens is 330 g/mol. The lowest BCUT2D eigenvalue weighted by Crippen LogP contribution is -3.08. The van der Waals surface area contributed by atoms with E-state index in [1.807, 2.05) is 25.2 Å². The normalized spacial score (nSPS) is 17.4. The molecule has 4 nitrogen and oxygen atoms in total. The number of amides is 1. The molecule has 2 aromatic rings. The van der Waals surface area contributed by atoms with Crippen molar-refractivity contribution in [3.63, 3.8) is 0 Å². The van der Waals surface area contributed by atoms with Crippen LogP contribution in [0.1, 0.15) is 34.9 Å². The van der Waals surface area contributed by atoms with Crippen molar-refractivity contribution >= 4 is 22.2 Å². The van der Waals surface area contributed by atoms with Gasteiger partial charge in [-0.3, -0.25) is 4.79 Å². The molecule has 0 saturated carbocycles. The van der Waals surface area contributed by atoms with Gasteiger partial charge < -0.3 is 10.2 Å². The Hall–Kier alpha value is -2.16. The van der Waals surface area contributed by atoms with Gasteiger partial charge in [0.15, 0.2) is 6.54 Å². The zero-order valence-corrected chi connectivity index (χ0v) is 15.6. The van der Waals surface area contributed by atoms with E-state index in [2.05, 4.69) is 30.4 Å². The second-order valence-corrected chi connectivity index (χ2v) is 8.12. The molecule has 1 aromatic heterocycles. The summed E-state index contributed by atoms with van der Waals surface area (Å²) < 4.78 is 0. The number of likely N-dealkylation sites (N-methyl/N-ethyl adjacent to an activating group) is 1. The summed E-state index contributed by atoms with van der Waals surface area (Å²) in [5.41, 5.74) is 3.05. The van der Waals surface area contributed by atoms with Crippen molar-refractivity contribution in [3.8, 4) is 6.07 Å². The van der Waals surface area contributed by atoms with Gasteiger partial charge in [0.1, 0.15) is 17.6 Å². The molecule has 0 radical (unpaired) electrons. The maximum atomic E-state index is 12.4. The first-order chi connectivity index (χ1) is 12.1. The lowest BCUT2D eigenvalue weighted by Gasteiger charge is -2.17. The zero-order valence-electron chi connectivity index (χ0n) is 14.8. The molecule has 1 aliphatic carbocycles. The highest BCUT2D eigenvalue weighted by Gasteiger charge is 2.25. The van der Waals surface area contributed by atoms with Crippen LogP contribution in [-0.2, 0) is 24.2 Å². The van der Waals surface area contributed by atoms with Gasteiger partial charge in [0.05, 0.1) is 12.6 Å². The molecule has 1 unspecified atom stereocenters. The van der Waals surface area contributed by atoms with Crippen LogP contribution in [0.25, 0.3) is 0 Å². The fourth-order valence-electron chi connectivity index (χ4n) is 3.41. The van der Waals surface area contributed by atoms with E-state index in [1.54, 1.807) is 11.3 Å². The maximum absolute atomic E-state index is 12.4. The Labute approximate surface area is 153 Å². The Bertz CT molecular complexity index is 791. The largest absolute Gasteiger partial charge is 0.326 e. The predicted molar refractivity (Wildman–Crippen MR) is 101 cm³/mol. The average molecular weight is 354 g/mol. The number of anilines is 1. The van der Waals surface area contributed by atoms with E-state index in [9.17, 15) is 10.1 Å². The minimum absolute atomic E-state index is 0.0309. The van der Waals surface area contributed by atoms with Crippen LogP contribution >= 0.6 is 11.3 Å². The van der Waals surface area contributed by atoms with Gasteiger partial charge in [0, 0.05) is 10.4 Å². The first kappa shape index (κ1) is 17.7. The highest BCUT2D eigenvalue weighted by atomic mass is 32.1. The van der Waals surface area contributed by atoms with Crippen molar-refractivity contribution in [1.29, 1.82) is 5.26 Å². The first-order valence-electron chi connectivity index (χ1n) is 8.76. The van der Waals surface area contributed by atoms with Crippen molar-refractivity contribution in [1.82, 2.24) is 0 Å². The van der Waals surface area contributed by atoms with Crippen LogP contribution in [-0.4, -0.2) is 19.5 Å². The zero-order chi connectivity index (χ0) is 17.8. The summed E-state index contributed by atoms with van der Waals surface area (Å²) >= 11 is 1.59. The van der Waals surface area contributed by atoms with Crippen LogP contribution in [0, 0.1) is 17.2 Å². The summed E-state index contributed by atoms with van der Waals surface area (Å²) in [7, 11) is 2.01. The van der Waals surface area contributed by atoms with Crippen molar-refractivity contribution in [2.75, 3.05) is 18.9 Å². The molecule has 0 aliphatic heterocycles. The molecule has 0 bridgehead atoms. The van der Waals surface area contributed by atoms with Gasteiger partial charge in [-0.2, -0.15) is 5.26 Å². The van der Waals surface area contributed by atoms with E-state index in [0.29, 0.717) is 18.0 Å². The molecule has 0 spiro atoms. The van der Waals surface area contributed by atoms with Crippen LogP contribution in [0.2, 0.25) is 0 Å². The van der Waals surface area contributed by atoms with Crippen molar-refractivity contribution < 1.29 is 9.69 Å². The van der Waals surface area contributed by atoms with E-state index < -0.39 is 0 Å². The Morgan fingerprint density at radius 3 is 2.88 bits per heavy atom. The molecule has 1 amide bonds. The molecule has 1 aromatic carbocycles. The summed E-state index contributed by atoms with van der Waals surface area (Å²) in [4.78, 5) is 14.8. The molecule has 1 heterocycles. The standard InChI is InChI=1S/C20H23N3OS/c1-14-8-9-16-17(11-21)20(25-18(16)10-14)22-19(24)13-23(2)12-15-6-4-3-5-7-15/h3-7,14H,8-10,12-13H2,1-2H3,(H,22,24)/p+1/t14-/m0/s1. The Morgan fingerprint density at radius 2 is 2.16 bits per heavy atom. The molecular formula is C20H24N3OS+. The monoisotopic (exact) mass is 354 g/mol. The summed E-state index contributed by atoms with van der Waals surface area (Å²) in [6.45, 7) is 3.44. The molecule has 0 saturated heterocycles. The number of thiophene rings is 1. The van der Waals surface area contributed by atoms with Gasteiger partial charge >= 0.3 is 0 Å². The molecule has 130 valence electrons. The van der Waals surface area contributed by atoms with Crippen molar-refractivity contribution in [2.24, 2.45) is 5.92 Å². The maximum Gasteiger partial charge on any atom is 0.280 e. The van der Waals surface area contributed by atoms with E-state index in [-0.39, 0.29) is 5.91 Å². The number of carbonyl (C=O) groups excluding carboxylic acids is 1. The highest BCUT2D eigenvalue weighted by Crippen LogP contribution is 2.39. The quantitative estimate of drug-likeness (QED) is 0.866. The van der Waals surface area contributed by atoms with E-state index in [4.69, 9.17) is 0 Å². The summed E-state index contributed by atoms with van der Waals surface area (Å²) in [6, 6.07) is 12.5. The molecule has 2 atom stereocenters. The number of nitrogens with one attached hydrogen (secondary N) is 2. The lowest BCUT2D eigenvalue weighted by molar-refractivity contribution is -0.885. The number of benzene rings is 1. The lowest BCUT2D eigenvalue weighted by atomic mass is 9.89. The van der Waals surface area contributed by atoms with Gasteiger partial charge in [0.25, 0.3) is 5.91 Å². The third-order valence-electron chi connectivity index (χ3n) is 4.69. The number of quaternary nitrogens is 1. The first-order valence-corrected chi connectivity index (χ1v) is 9.58. The van der Waals surface area contributed by atoms with E-state index in [1.165, 1.54) is 10.4 Å². The SMILES string of the molecule is C[C@H]1CCc2c(sc(NC(=O)C[NH+](C)Cc3ccccc3)c2C#N)C1. The molecule has 2 N–H and O–H groups in total. The number of carbonyl (C=O) groups is 1. The molecule has 3 rings (SSSR count). The highest BCUT2D eigenvalue weighted by molar-refractivity contribution is 7.16. The van der Waals surface area contributed by atoms with E-state index >= 15 is 0 Å². The number of nitriles is 1. The van der Waals surface area contributed by atoms with Gasteiger partial charge in [-0.05, 0) is 30.7 Å². The molecule has 5 heteroatoms. The third kappa shape index (κ3) is 4.28. The van der Waals surface area contributed by atoms with Gasteiger partial charge in [-0.1, -0.05) is 37.3 Å². The van der Waals surface area contributed by atoms with Gasteiger partial charge in [-0.15, -0.1) is 11.3 Å². The number of rotatable bonds is 5. The molecule has 1 aliphatic rings. The number of nitrogens with zero attached hydrogens (tertiary/aromatic N) is 1. The topological polar surface area (TPSA) is 57.3 Å². The average Bonchev–Trinajstić information content (AvgIpc) is 2.91. The van der Waals surface area contributed by atoms with Gasteiger partial charge in [0.2, 0.25) is 0 Å². The predicted octanol–water partition coefficient (Wildman–Crippen LogP) is 2.40. The summed E-state index contributed by atoms with van der Waals surface area (Å²) in [6.07, 6.45) is 3.09. The van der Waals surface area contributed by atoms with Crippen molar-refractivity contribution in [3.05, 3.63) is 51.9 Å². The van der Waals surface area contributed by atoms with Crippen LogP contribution in [0.4, 0.5) is 5.00 Å². The number of hydrogen-bond acceptors (Lipinski definition) is 3. The number of fused-ring (bicyclic) bond motifs is 1. The summed E-state index contributed by atoms with van der Waals surface area (Å²) in [5.74, 6) is 0.624. The molecule has 0 fully saturated rings. The fraction of sp³-hybridized carbons (Fsp3) is 0.400. The smallest absolute Gasteiger partial charge is 0.280 e. The number of hydrogen-bond donors (Lipinski definition) is 2. The minimum Gasteiger partial charge on any atom is -0.326 e. The van der Waals surface area contributed by atoms with Crippen LogP contribution in [0.3, 0.4) is 0 Å². The third-order valence-corrected chi connectivity index (χ3v) is 5.86. The fourth-order valence-corrected chi connectivity index (χ4v) is 4.79. The van der Waals surface area contributed by atoms with E-state index in [0.717, 1.165) is 41.3 Å². The summed E-state index contributed by atoms with van der Waals surface area (Å²) in [5, 5.41) is 13.2. The van der Waals surface area contributed by atoms with Crippen LogP contribution in [0.15, 0.2) is 30.3 Å². The second-order valence-electron chi connectivity index (χ2n) is 7.01. The second kappa shape index (κ2) is 7.81. The van der Waals surface area contributed by atoms with Crippen LogP contribution < -0.4 is 10.2 Å². The Kier molecular flexibility index (Phi) is 5.52. The van der Waals surface area contributed by atoms with Crippen molar-refractivity contribution in [2.45, 2.75) is 32.7 Å². The van der Waals surface area contributed by atoms with Crippen LogP contribution in [0.5, 0.6) is 0 Å². The Balaban J connectivity index is 1.64. The minimum atomic E-state index is -0.0309. The molecule has 25 heavy (non-hydrogen) atoms.